The quantitative estimate of drug-likeness (QED) is 0.0567. The van der Waals surface area contributed by atoms with Gasteiger partial charge in [0.2, 0.25) is 29.3 Å². The van der Waals surface area contributed by atoms with E-state index in [4.69, 9.17) is 46.9 Å². The van der Waals surface area contributed by atoms with Gasteiger partial charge >= 0.3 is 5.97 Å². The average Bonchev–Trinajstić information content (AvgIpc) is 3.91. The van der Waals surface area contributed by atoms with E-state index in [2.05, 4.69) is 20.3 Å². The number of aromatic nitrogens is 4. The number of rotatable bonds is 20. The number of carboxylic acid groups (broad SMARTS) is 1. The lowest BCUT2D eigenvalue weighted by Gasteiger charge is -2.22. The van der Waals surface area contributed by atoms with Crippen LogP contribution in [0.2, 0.25) is 10.0 Å². The molecule has 13 nitrogen and oxygen atoms in total. The Hall–Kier alpha value is -4.20. The van der Waals surface area contributed by atoms with Crippen LogP contribution in [-0.2, 0) is 22.8 Å². The number of benzene rings is 2. The van der Waals surface area contributed by atoms with Gasteiger partial charge in [-0.1, -0.05) is 123 Å². The highest BCUT2D eigenvalue weighted by Crippen LogP contribution is 2.33. The highest BCUT2D eigenvalue weighted by molar-refractivity contribution is 6.30. The van der Waals surface area contributed by atoms with Gasteiger partial charge < -0.3 is 23.6 Å². The first-order valence-corrected chi connectivity index (χ1v) is 21.1. The van der Waals surface area contributed by atoms with E-state index < -0.39 is 11.9 Å². The zero-order valence-electron chi connectivity index (χ0n) is 32.5. The molecule has 3 N–H and O–H groups in total. The van der Waals surface area contributed by atoms with Crippen molar-refractivity contribution in [1.82, 2.24) is 25.8 Å². The number of hydrogen-bond donors (Lipinski definition) is 3. The molecule has 0 bridgehead atoms. The maximum absolute atomic E-state index is 11.7. The van der Waals surface area contributed by atoms with E-state index in [9.17, 15) is 14.7 Å². The van der Waals surface area contributed by atoms with Gasteiger partial charge in [-0.25, -0.2) is 5.48 Å². The number of carbonyl (C=O) groups is 2. The van der Waals surface area contributed by atoms with Gasteiger partial charge in [0.25, 0.3) is 0 Å². The van der Waals surface area contributed by atoms with E-state index in [0.29, 0.717) is 45.0 Å². The largest absolute Gasteiger partial charge is 0.485 e. The van der Waals surface area contributed by atoms with Crippen molar-refractivity contribution in [3.05, 3.63) is 82.0 Å². The number of carbonyl (C=O) groups excluding carboxylic acids is 1. The van der Waals surface area contributed by atoms with Gasteiger partial charge in [-0.2, -0.15) is 9.97 Å². The van der Waals surface area contributed by atoms with Crippen LogP contribution in [-0.4, -0.2) is 42.5 Å². The highest BCUT2D eigenvalue weighted by atomic mass is 35.5. The summed E-state index contributed by atoms with van der Waals surface area (Å²) in [5.41, 5.74) is 1.70. The number of hydrogen-bond acceptors (Lipinski definition) is 11. The summed E-state index contributed by atoms with van der Waals surface area (Å²) >= 11 is 11.7. The van der Waals surface area contributed by atoms with Crippen molar-refractivity contribution in [2.24, 2.45) is 11.8 Å². The van der Waals surface area contributed by atoms with Crippen LogP contribution in [0.15, 0.2) is 57.6 Å². The Morgan fingerprint density at radius 3 is 1.51 bits per heavy atom. The molecule has 0 unspecified atom stereocenters. The van der Waals surface area contributed by atoms with E-state index in [0.717, 1.165) is 50.4 Å². The molecule has 2 aliphatic rings. The maximum atomic E-state index is 11.7. The summed E-state index contributed by atoms with van der Waals surface area (Å²) in [7, 11) is 0. The standard InChI is InChI=1S/C21H28ClN3O4.C21H27ClN2O4/c22-17-9-11-18(12-10-17)28-14-19-23-21(29-25-19)16(13-20(26)24-27)8-4-7-15-5-2-1-3-6-15;22-17-9-11-18(12-10-17)27-14-19-23-21(28-24-19)16(13-20(25)26)8-4-7-15-5-2-1-3-6-15/h9-12,15-16,27H,1-8,13-14H2,(H,24,26);9-12,15-16H,1-8,13-14H2,(H,25,26)/t2*16-/m11/s1. The first-order chi connectivity index (χ1) is 27.7. The topological polar surface area (TPSA) is 183 Å². The zero-order valence-corrected chi connectivity index (χ0v) is 34.0. The van der Waals surface area contributed by atoms with Gasteiger partial charge in [-0.15, -0.1) is 0 Å². The van der Waals surface area contributed by atoms with Crippen LogP contribution in [0.1, 0.15) is 151 Å². The Bertz CT molecular complexity index is 1760. The third-order valence-electron chi connectivity index (χ3n) is 10.8. The van der Waals surface area contributed by atoms with Crippen molar-refractivity contribution in [1.29, 1.82) is 0 Å². The third kappa shape index (κ3) is 15.9. The fraction of sp³-hybridized carbons (Fsp3) is 0.571. The second-order valence-corrected chi connectivity index (χ2v) is 16.1. The predicted molar refractivity (Wildman–Crippen MR) is 213 cm³/mol. The van der Waals surface area contributed by atoms with Crippen LogP contribution in [0.3, 0.4) is 0 Å². The molecule has 0 radical (unpaired) electrons. The second kappa shape index (κ2) is 23.9. The van der Waals surface area contributed by atoms with Gasteiger partial charge in [0, 0.05) is 28.3 Å². The summed E-state index contributed by atoms with van der Waals surface area (Å²) in [6.07, 6.45) is 19.1. The van der Waals surface area contributed by atoms with Crippen molar-refractivity contribution < 1.29 is 38.4 Å². The molecule has 2 atom stereocenters. The molecule has 15 heteroatoms. The predicted octanol–water partition coefficient (Wildman–Crippen LogP) is 10.6. The van der Waals surface area contributed by atoms with Crippen LogP contribution in [0.4, 0.5) is 0 Å². The normalized spacial score (nSPS) is 15.9. The molecular weight excluding hydrogens is 773 g/mol. The van der Waals surface area contributed by atoms with Crippen molar-refractivity contribution in [2.75, 3.05) is 0 Å². The minimum Gasteiger partial charge on any atom is -0.485 e. The number of ether oxygens (including phenoxy) is 2. The Kier molecular flexibility index (Phi) is 18.4. The first kappa shape index (κ1) is 43.9. The Morgan fingerprint density at radius 2 is 1.11 bits per heavy atom. The summed E-state index contributed by atoms with van der Waals surface area (Å²) < 4.78 is 22.0. The van der Waals surface area contributed by atoms with E-state index in [-0.39, 0.29) is 37.9 Å². The van der Waals surface area contributed by atoms with E-state index in [1.54, 1.807) is 54.0 Å². The third-order valence-corrected chi connectivity index (χ3v) is 11.3. The summed E-state index contributed by atoms with van der Waals surface area (Å²) in [6.45, 7) is 0.319. The van der Waals surface area contributed by atoms with Gasteiger partial charge in [-0.05, 0) is 73.2 Å². The number of aliphatic carboxylic acids is 1. The number of amides is 1. The minimum atomic E-state index is -0.847. The lowest BCUT2D eigenvalue weighted by Crippen LogP contribution is -2.21. The molecule has 2 fully saturated rings. The lowest BCUT2D eigenvalue weighted by molar-refractivity contribution is -0.137. The fourth-order valence-electron chi connectivity index (χ4n) is 7.70. The summed E-state index contributed by atoms with van der Waals surface area (Å²) in [6, 6.07) is 14.0. The van der Waals surface area contributed by atoms with Gasteiger partial charge in [0.05, 0.1) is 6.42 Å². The smallest absolute Gasteiger partial charge is 0.304 e. The molecule has 2 aromatic heterocycles. The van der Waals surface area contributed by atoms with Crippen molar-refractivity contribution in [3.8, 4) is 11.5 Å². The number of nitrogens with zero attached hydrogens (tertiary/aromatic N) is 4. The number of halogens is 2. The molecule has 0 saturated heterocycles. The Morgan fingerprint density at radius 1 is 0.684 bits per heavy atom. The van der Waals surface area contributed by atoms with Crippen molar-refractivity contribution >= 4 is 35.1 Å². The molecule has 0 spiro atoms. The van der Waals surface area contributed by atoms with Crippen LogP contribution in [0, 0.1) is 11.8 Å². The van der Waals surface area contributed by atoms with Crippen LogP contribution in [0.25, 0.3) is 0 Å². The summed E-state index contributed by atoms with van der Waals surface area (Å²) in [5.74, 6) is 2.73. The molecule has 2 aromatic carbocycles. The van der Waals surface area contributed by atoms with Crippen LogP contribution < -0.4 is 15.0 Å². The zero-order chi connectivity index (χ0) is 40.2. The molecular formula is C42H55Cl2N5O8. The molecule has 6 rings (SSSR count). The van der Waals surface area contributed by atoms with Gasteiger partial charge in [0.15, 0.2) is 13.2 Å². The first-order valence-electron chi connectivity index (χ1n) is 20.3. The molecule has 4 aromatic rings. The molecule has 57 heavy (non-hydrogen) atoms. The highest BCUT2D eigenvalue weighted by Gasteiger charge is 2.25. The second-order valence-electron chi connectivity index (χ2n) is 15.2. The van der Waals surface area contributed by atoms with E-state index in [1.807, 2.05) is 0 Å². The number of hydroxylamine groups is 1. The Labute approximate surface area is 344 Å². The molecule has 2 heterocycles. The minimum absolute atomic E-state index is 0.00431. The fourth-order valence-corrected chi connectivity index (χ4v) is 7.96. The average molecular weight is 829 g/mol. The number of carboxylic acids is 1. The summed E-state index contributed by atoms with van der Waals surface area (Å²) in [4.78, 5) is 31.8. The Balaban J connectivity index is 0.000000218. The molecule has 310 valence electrons. The SMILES string of the molecule is O=C(C[C@@H](CCCC1CCCCC1)c1nc(COc2ccc(Cl)cc2)no1)NO.O=C(O)C[C@@H](CCCC1CCCCC1)c1nc(COc2ccc(Cl)cc2)no1. The molecule has 2 saturated carbocycles. The van der Waals surface area contributed by atoms with Crippen LogP contribution in [0.5, 0.6) is 11.5 Å². The molecule has 0 aliphatic heterocycles. The van der Waals surface area contributed by atoms with E-state index >= 15 is 0 Å². The summed E-state index contributed by atoms with van der Waals surface area (Å²) in [5, 5.41) is 27.3. The van der Waals surface area contributed by atoms with Crippen molar-refractivity contribution in [3.63, 3.8) is 0 Å². The molecule has 1 amide bonds. The monoisotopic (exact) mass is 827 g/mol. The van der Waals surface area contributed by atoms with E-state index in [1.165, 1.54) is 64.2 Å². The maximum Gasteiger partial charge on any atom is 0.304 e. The van der Waals surface area contributed by atoms with Crippen LogP contribution >= 0.6 is 23.2 Å². The number of nitrogens with one attached hydrogen (secondary N) is 1. The van der Waals surface area contributed by atoms with Gasteiger partial charge in [-0.3, -0.25) is 14.8 Å². The molecule has 2 aliphatic carbocycles. The van der Waals surface area contributed by atoms with Crippen molar-refractivity contribution in [2.45, 2.75) is 141 Å². The lowest BCUT2D eigenvalue weighted by atomic mass is 9.84. The van der Waals surface area contributed by atoms with Gasteiger partial charge in [0.1, 0.15) is 11.5 Å².